The van der Waals surface area contributed by atoms with Gasteiger partial charge in [0.2, 0.25) is 5.95 Å². The third-order valence-corrected chi connectivity index (χ3v) is 5.98. The summed E-state index contributed by atoms with van der Waals surface area (Å²) in [5, 5.41) is 12.3. The molecule has 5 rings (SSSR count). The minimum Gasteiger partial charge on any atom is -0.484 e. The first-order valence-corrected chi connectivity index (χ1v) is 11.3. The smallest absolute Gasteiger partial charge is 0.280 e. The van der Waals surface area contributed by atoms with E-state index < -0.39 is 41.8 Å². The van der Waals surface area contributed by atoms with Crippen LogP contribution in [0.5, 0.6) is 5.75 Å². The zero-order chi connectivity index (χ0) is 24.0. The number of aliphatic hydroxyl groups excluding tert-OH is 1. The Hall–Kier alpha value is -2.84. The number of imidazole rings is 1. The number of ether oxygens (including phenoxy) is 4. The topological polar surface area (TPSA) is 150 Å². The number of amides is 1. The van der Waals surface area contributed by atoms with Crippen LogP contribution in [0.1, 0.15) is 20.1 Å². The zero-order valence-corrected chi connectivity index (χ0v) is 19.8. The molecular weight excluding hydrogens is 514 g/mol. The highest BCUT2D eigenvalue weighted by atomic mass is 79.9. The molecule has 0 bridgehead atoms. The third-order valence-electron chi connectivity index (χ3n) is 5.45. The molecule has 12 nitrogen and oxygen atoms in total. The molecule has 0 radical (unpaired) electrons. The highest BCUT2D eigenvalue weighted by molar-refractivity contribution is 9.10. The van der Waals surface area contributed by atoms with Crippen molar-refractivity contribution >= 4 is 38.9 Å². The van der Waals surface area contributed by atoms with Crippen LogP contribution in [0, 0.1) is 0 Å². The molecule has 4 atom stereocenters. The summed E-state index contributed by atoms with van der Waals surface area (Å²) >= 11 is 3.33. The number of H-pyrrole nitrogens is 1. The van der Waals surface area contributed by atoms with Gasteiger partial charge in [0.25, 0.3) is 11.5 Å². The van der Waals surface area contributed by atoms with E-state index in [0.29, 0.717) is 5.75 Å². The van der Waals surface area contributed by atoms with E-state index in [4.69, 9.17) is 18.9 Å². The fourth-order valence-corrected chi connectivity index (χ4v) is 4.31. The second-order valence-corrected chi connectivity index (χ2v) is 9.26. The van der Waals surface area contributed by atoms with Gasteiger partial charge in [-0.05, 0) is 38.1 Å². The molecule has 34 heavy (non-hydrogen) atoms. The Kier molecular flexibility index (Phi) is 5.90. The van der Waals surface area contributed by atoms with Crippen molar-refractivity contribution in [3.8, 4) is 5.75 Å². The number of hydrogen-bond donors (Lipinski definition) is 3. The molecule has 0 aliphatic carbocycles. The summed E-state index contributed by atoms with van der Waals surface area (Å²) < 4.78 is 25.7. The molecule has 3 N–H and O–H groups in total. The first-order valence-electron chi connectivity index (χ1n) is 10.5. The lowest BCUT2D eigenvalue weighted by molar-refractivity contribution is -0.199. The first kappa shape index (κ1) is 22.9. The first-order chi connectivity index (χ1) is 16.2. The van der Waals surface area contributed by atoms with E-state index >= 15 is 0 Å². The van der Waals surface area contributed by atoms with Gasteiger partial charge < -0.3 is 24.1 Å². The normalized spacial score (nSPS) is 25.4. The van der Waals surface area contributed by atoms with Crippen molar-refractivity contribution in [1.82, 2.24) is 19.5 Å². The Morgan fingerprint density at radius 2 is 2.03 bits per heavy atom. The van der Waals surface area contributed by atoms with Gasteiger partial charge >= 0.3 is 0 Å². The van der Waals surface area contributed by atoms with Gasteiger partial charge in [-0.3, -0.25) is 24.5 Å². The van der Waals surface area contributed by atoms with Crippen molar-refractivity contribution in [3.63, 3.8) is 0 Å². The predicted octanol–water partition coefficient (Wildman–Crippen LogP) is 1.31. The van der Waals surface area contributed by atoms with E-state index in [1.807, 2.05) is 0 Å². The van der Waals surface area contributed by atoms with E-state index in [1.54, 1.807) is 38.1 Å². The van der Waals surface area contributed by atoms with Crippen LogP contribution < -0.4 is 15.6 Å². The van der Waals surface area contributed by atoms with Gasteiger partial charge in [-0.2, -0.15) is 4.98 Å². The summed E-state index contributed by atoms with van der Waals surface area (Å²) in [6.45, 7) is 3.00. The SMILES string of the molecule is CC1(C)O[C@@H]2[C@H](O1)[C@H](CO)O[C@H]2n1cnc2c(=O)[nH]c(NC(=O)COc3ccc(Br)cc3)nc21. The van der Waals surface area contributed by atoms with Crippen LogP contribution in [0.4, 0.5) is 5.95 Å². The molecule has 1 aromatic carbocycles. The standard InChI is InChI=1S/C21H22BrN5O7/c1-21(2)33-15-12(7-28)32-19(16(15)34-21)27-9-23-14-17(27)25-20(26-18(14)30)24-13(29)8-31-11-5-3-10(22)4-6-11/h3-6,9,12,15-16,19,28H,7-8H2,1-2H3,(H2,24,25,26,29,30)/t12-,15+,16+,19+/m0/s1. The molecule has 2 aromatic heterocycles. The molecule has 3 aromatic rings. The van der Waals surface area contributed by atoms with Crippen LogP contribution >= 0.6 is 15.9 Å². The van der Waals surface area contributed by atoms with Gasteiger partial charge in [-0.25, -0.2) is 4.98 Å². The summed E-state index contributed by atoms with van der Waals surface area (Å²) in [6, 6.07) is 7.01. The van der Waals surface area contributed by atoms with Crippen LogP contribution in [-0.2, 0) is 19.0 Å². The molecular formula is C21H22BrN5O7. The van der Waals surface area contributed by atoms with Gasteiger partial charge in [-0.1, -0.05) is 15.9 Å². The predicted molar refractivity (Wildman–Crippen MR) is 121 cm³/mol. The van der Waals surface area contributed by atoms with Crippen molar-refractivity contribution in [2.45, 2.75) is 44.2 Å². The largest absolute Gasteiger partial charge is 0.484 e. The average molecular weight is 536 g/mol. The Morgan fingerprint density at radius 3 is 2.76 bits per heavy atom. The van der Waals surface area contributed by atoms with Crippen LogP contribution in [-0.4, -0.2) is 67.8 Å². The van der Waals surface area contributed by atoms with Crippen LogP contribution in [0.3, 0.4) is 0 Å². The van der Waals surface area contributed by atoms with Gasteiger partial charge in [0, 0.05) is 4.47 Å². The van der Waals surface area contributed by atoms with Crippen molar-refractivity contribution in [2.75, 3.05) is 18.5 Å². The minimum atomic E-state index is -0.861. The Morgan fingerprint density at radius 1 is 1.29 bits per heavy atom. The number of carbonyl (C=O) groups is 1. The van der Waals surface area contributed by atoms with Crippen molar-refractivity contribution < 1.29 is 28.8 Å². The number of aromatic amines is 1. The highest BCUT2D eigenvalue weighted by Gasteiger charge is 2.56. The number of carbonyl (C=O) groups excluding carboxylic acids is 1. The maximum Gasteiger partial charge on any atom is 0.280 e. The van der Waals surface area contributed by atoms with E-state index in [9.17, 15) is 14.7 Å². The number of benzene rings is 1. The van der Waals surface area contributed by atoms with Crippen LogP contribution in [0.15, 0.2) is 39.9 Å². The maximum atomic E-state index is 12.6. The van der Waals surface area contributed by atoms with Crippen LogP contribution in [0.25, 0.3) is 11.2 Å². The van der Waals surface area contributed by atoms with Crippen molar-refractivity contribution in [3.05, 3.63) is 45.4 Å². The van der Waals surface area contributed by atoms with Gasteiger partial charge in [0.15, 0.2) is 29.8 Å². The van der Waals surface area contributed by atoms with E-state index in [0.717, 1.165) is 4.47 Å². The Bertz CT molecular complexity index is 1270. The number of nitrogens with one attached hydrogen (secondary N) is 2. The summed E-state index contributed by atoms with van der Waals surface area (Å²) in [5.74, 6) is -0.925. The summed E-state index contributed by atoms with van der Waals surface area (Å²) in [6.07, 6.45) is -1.01. The molecule has 4 heterocycles. The van der Waals surface area contributed by atoms with Gasteiger partial charge in [-0.15, -0.1) is 0 Å². The average Bonchev–Trinajstić information content (AvgIpc) is 3.44. The van der Waals surface area contributed by atoms with Crippen molar-refractivity contribution in [2.24, 2.45) is 0 Å². The zero-order valence-electron chi connectivity index (χ0n) is 18.2. The molecule has 2 aliphatic rings. The number of anilines is 1. The van der Waals surface area contributed by atoms with E-state index in [-0.39, 0.29) is 30.3 Å². The minimum absolute atomic E-state index is 0.0647. The molecule has 0 saturated carbocycles. The molecule has 180 valence electrons. The molecule has 2 saturated heterocycles. The number of hydrogen-bond acceptors (Lipinski definition) is 9. The summed E-state index contributed by atoms with van der Waals surface area (Å²) in [7, 11) is 0. The summed E-state index contributed by atoms with van der Waals surface area (Å²) in [5.41, 5.74) is -0.288. The van der Waals surface area contributed by atoms with E-state index in [2.05, 4.69) is 36.2 Å². The quantitative estimate of drug-likeness (QED) is 0.424. The molecule has 0 spiro atoms. The third kappa shape index (κ3) is 4.32. The number of halogens is 1. The number of aliphatic hydroxyl groups is 1. The highest BCUT2D eigenvalue weighted by Crippen LogP contribution is 2.43. The molecule has 13 heteroatoms. The fraction of sp³-hybridized carbons (Fsp3) is 0.429. The number of rotatable bonds is 6. The lowest BCUT2D eigenvalue weighted by Gasteiger charge is -2.24. The maximum absolute atomic E-state index is 12.6. The monoisotopic (exact) mass is 535 g/mol. The second-order valence-electron chi connectivity index (χ2n) is 8.34. The van der Waals surface area contributed by atoms with Gasteiger partial charge in [0.1, 0.15) is 24.1 Å². The molecule has 2 fully saturated rings. The van der Waals surface area contributed by atoms with Crippen LogP contribution in [0.2, 0.25) is 0 Å². The fourth-order valence-electron chi connectivity index (χ4n) is 4.05. The lowest BCUT2D eigenvalue weighted by atomic mass is 10.1. The number of nitrogens with zero attached hydrogens (tertiary/aromatic N) is 3. The Labute approximate surface area is 201 Å². The Balaban J connectivity index is 1.37. The molecule has 2 aliphatic heterocycles. The van der Waals surface area contributed by atoms with Crippen molar-refractivity contribution in [1.29, 1.82) is 0 Å². The number of fused-ring (bicyclic) bond motifs is 2. The number of aromatic nitrogens is 4. The summed E-state index contributed by atoms with van der Waals surface area (Å²) in [4.78, 5) is 35.9. The second kappa shape index (κ2) is 8.74. The van der Waals surface area contributed by atoms with E-state index in [1.165, 1.54) is 10.9 Å². The van der Waals surface area contributed by atoms with Gasteiger partial charge in [0.05, 0.1) is 12.9 Å². The lowest BCUT2D eigenvalue weighted by Crippen LogP contribution is -2.31. The molecule has 0 unspecified atom stereocenters. The molecule has 1 amide bonds.